The molecule has 0 saturated carbocycles. The van der Waals surface area contributed by atoms with Crippen molar-refractivity contribution < 1.29 is 26.3 Å². The van der Waals surface area contributed by atoms with E-state index in [9.17, 15) is 52.7 Å². The lowest BCUT2D eigenvalue weighted by Crippen LogP contribution is -2.27. The van der Waals surface area contributed by atoms with Gasteiger partial charge in [-0.05, 0) is 12.1 Å². The molecule has 0 aliphatic rings. The van der Waals surface area contributed by atoms with Crippen molar-refractivity contribution in [1.29, 1.82) is 42.1 Å². The average Bonchev–Trinajstić information content (AvgIpc) is 2.87. The summed E-state index contributed by atoms with van der Waals surface area (Å²) in [6.07, 6.45) is -11.1. The number of nitrogens with zero attached hydrogens (tertiary/aromatic N) is 8. The van der Waals surface area contributed by atoms with Crippen molar-refractivity contribution in [1.82, 2.24) is 0 Å². The zero-order chi connectivity index (χ0) is 29.0. The number of rotatable bonds is 1. The van der Waals surface area contributed by atoms with Crippen LogP contribution in [0, 0.1) is 90.6 Å². The van der Waals surface area contributed by atoms with Gasteiger partial charge in [-0.15, -0.1) is 0 Å². The van der Waals surface area contributed by atoms with Crippen molar-refractivity contribution in [2.75, 3.05) is 0 Å². The number of benzene rings is 2. The average molecular weight is 516 g/mol. The molecule has 0 amide bonds. The van der Waals surface area contributed by atoms with Gasteiger partial charge in [0.2, 0.25) is 0 Å². The number of hydrogen-bond donors (Lipinski definition) is 0. The van der Waals surface area contributed by atoms with Crippen LogP contribution in [0.25, 0.3) is 11.1 Å². The summed E-state index contributed by atoms with van der Waals surface area (Å²) in [6, 6.07) is 10.4. The Morgan fingerprint density at radius 1 is 0.579 bits per heavy atom. The fraction of sp³-hybridized carbons (Fsp3) is 0.0833. The Labute approximate surface area is 208 Å². The molecule has 0 radical (unpaired) electrons. The van der Waals surface area contributed by atoms with E-state index in [1.54, 1.807) is 0 Å². The van der Waals surface area contributed by atoms with Gasteiger partial charge in [0.1, 0.15) is 48.1 Å². The third kappa shape index (κ3) is 4.50. The largest absolute Gasteiger partial charge is 0.418 e. The van der Waals surface area contributed by atoms with Gasteiger partial charge in [0, 0.05) is 16.0 Å². The Morgan fingerprint density at radius 2 is 1.11 bits per heavy atom. The molecule has 2 rings (SSSR count). The highest BCUT2D eigenvalue weighted by Gasteiger charge is 2.44. The molecule has 180 valence electrons. The summed E-state index contributed by atoms with van der Waals surface area (Å²) in [6.45, 7) is 0. The van der Waals surface area contributed by atoms with Gasteiger partial charge in [0.05, 0.1) is 50.6 Å². The smallest absolute Gasteiger partial charge is 0.192 e. The van der Waals surface area contributed by atoms with E-state index in [1.807, 2.05) is 0 Å². The zero-order valence-corrected chi connectivity index (χ0v) is 18.0. The normalized spacial score (nSPS) is 11.1. The van der Waals surface area contributed by atoms with Gasteiger partial charge < -0.3 is 0 Å². The van der Waals surface area contributed by atoms with E-state index < -0.39 is 78.4 Å². The predicted molar refractivity (Wildman–Crippen MR) is 108 cm³/mol. The molecule has 2 aromatic carbocycles. The minimum absolute atomic E-state index is 0.217. The van der Waals surface area contributed by atoms with Crippen LogP contribution in [0.5, 0.6) is 0 Å². The van der Waals surface area contributed by atoms with Gasteiger partial charge in [0.25, 0.3) is 0 Å². The van der Waals surface area contributed by atoms with Crippen LogP contribution < -0.4 is 10.4 Å². The Bertz CT molecular complexity index is 1860. The van der Waals surface area contributed by atoms with Crippen molar-refractivity contribution in [3.63, 3.8) is 0 Å². The minimum atomic E-state index is -5.63. The molecule has 0 bridgehead atoms. The van der Waals surface area contributed by atoms with Crippen LogP contribution in [0.2, 0.25) is 0 Å². The van der Waals surface area contributed by atoms with Crippen LogP contribution in [0.4, 0.5) is 26.3 Å². The van der Waals surface area contributed by atoms with Crippen molar-refractivity contribution in [3.05, 3.63) is 67.1 Å². The predicted octanol–water partition coefficient (Wildman–Crippen LogP) is 3.00. The fourth-order valence-corrected chi connectivity index (χ4v) is 3.48. The monoisotopic (exact) mass is 516 g/mol. The number of halogens is 6. The van der Waals surface area contributed by atoms with E-state index in [2.05, 4.69) is 0 Å². The molecule has 38 heavy (non-hydrogen) atoms. The summed E-state index contributed by atoms with van der Waals surface area (Å²) < 4.78 is 83.4. The summed E-state index contributed by atoms with van der Waals surface area (Å²) >= 11 is 0. The quantitative estimate of drug-likeness (QED) is 0.517. The molecule has 0 spiro atoms. The van der Waals surface area contributed by atoms with Crippen LogP contribution >= 0.6 is 0 Å². The van der Waals surface area contributed by atoms with E-state index in [1.165, 1.54) is 36.4 Å². The molecule has 8 nitrogen and oxygen atoms in total. The topological polar surface area (TPSA) is 190 Å². The molecule has 14 heteroatoms. The molecule has 0 fully saturated rings. The number of hydrogen-bond acceptors (Lipinski definition) is 8. The highest BCUT2D eigenvalue weighted by molar-refractivity contribution is 5.85. The summed E-state index contributed by atoms with van der Waals surface area (Å²) in [5.74, 6) is 0. The molecular weight excluding hydrogens is 514 g/mol. The summed E-state index contributed by atoms with van der Waals surface area (Å²) in [4.78, 5) is 0. The second-order valence-electron chi connectivity index (χ2n) is 6.83. The van der Waals surface area contributed by atoms with Crippen LogP contribution in [-0.4, -0.2) is 0 Å². The molecule has 0 saturated heterocycles. The minimum Gasteiger partial charge on any atom is -0.192 e. The molecule has 0 atom stereocenters. The van der Waals surface area contributed by atoms with E-state index in [-0.39, 0.29) is 6.07 Å². The SMILES string of the molecule is N#CC(C#N)=c1cc(C#N)/c(=C(\C#N)c2cc(C(F)(F)F)c(C#N)c(C#N)c2C(F)(F)F)c(C#N)c1C#N. The van der Waals surface area contributed by atoms with Crippen molar-refractivity contribution in [3.8, 4) is 48.6 Å². The molecule has 0 unspecified atom stereocenters. The van der Waals surface area contributed by atoms with E-state index in [4.69, 9.17) is 15.8 Å². The van der Waals surface area contributed by atoms with Crippen LogP contribution in [0.15, 0.2) is 12.1 Å². The first kappa shape index (κ1) is 27.9. The Morgan fingerprint density at radius 3 is 1.47 bits per heavy atom. The molecule has 0 aliphatic heterocycles. The zero-order valence-electron chi connectivity index (χ0n) is 18.0. The summed E-state index contributed by atoms with van der Waals surface area (Å²) in [7, 11) is 0. The first-order valence-corrected chi connectivity index (χ1v) is 9.33. The lowest BCUT2D eigenvalue weighted by Gasteiger charge is -2.19. The van der Waals surface area contributed by atoms with Crippen LogP contribution in [-0.2, 0) is 12.4 Å². The number of alkyl halides is 6. The maximum Gasteiger partial charge on any atom is 0.418 e. The lowest BCUT2D eigenvalue weighted by molar-refractivity contribution is -0.141. The van der Waals surface area contributed by atoms with Crippen molar-refractivity contribution in [2.45, 2.75) is 12.4 Å². The van der Waals surface area contributed by atoms with E-state index in [0.717, 1.165) is 12.1 Å². The van der Waals surface area contributed by atoms with Crippen LogP contribution in [0.1, 0.15) is 44.5 Å². The van der Waals surface area contributed by atoms with Gasteiger partial charge in [-0.2, -0.15) is 68.4 Å². The highest BCUT2D eigenvalue weighted by Crippen LogP contribution is 2.43. The molecule has 0 aliphatic carbocycles. The lowest BCUT2D eigenvalue weighted by atomic mass is 9.86. The summed E-state index contributed by atoms with van der Waals surface area (Å²) in [5.41, 5.74) is -14.0. The van der Waals surface area contributed by atoms with E-state index >= 15 is 0 Å². The first-order valence-electron chi connectivity index (χ1n) is 9.33. The van der Waals surface area contributed by atoms with Gasteiger partial charge in [-0.25, -0.2) is 0 Å². The molecule has 0 N–H and O–H groups in total. The van der Waals surface area contributed by atoms with Gasteiger partial charge in [-0.3, -0.25) is 0 Å². The van der Waals surface area contributed by atoms with Gasteiger partial charge >= 0.3 is 12.4 Å². The van der Waals surface area contributed by atoms with Gasteiger partial charge in [-0.1, -0.05) is 0 Å². The Hall–Kier alpha value is -6.32. The van der Waals surface area contributed by atoms with E-state index in [0.29, 0.717) is 6.07 Å². The molecule has 2 aromatic rings. The molecule has 0 aromatic heterocycles. The second kappa shape index (κ2) is 10.1. The maximum absolute atomic E-state index is 14.1. The first-order chi connectivity index (χ1) is 17.8. The molecule has 0 heterocycles. The Kier molecular flexibility index (Phi) is 7.44. The maximum atomic E-state index is 14.1. The standard InChI is InChI=1S/C24H2F6N8/c25-23(26,27)20-2-14(22(24(28,29)30)19(10-38)16(20)7-35)17(8-36)21-11(3-31)1-13(12(4-32)5-33)15(6-34)18(21)9-37/h1-2H/b21-17-. The Balaban J connectivity index is 3.61. The van der Waals surface area contributed by atoms with Crippen LogP contribution in [0.3, 0.4) is 0 Å². The van der Waals surface area contributed by atoms with Gasteiger partial charge in [0.15, 0.2) is 0 Å². The second-order valence-corrected chi connectivity index (χ2v) is 6.83. The number of nitriles is 8. The van der Waals surface area contributed by atoms with Crippen molar-refractivity contribution in [2.24, 2.45) is 0 Å². The summed E-state index contributed by atoms with van der Waals surface area (Å²) in [5, 5.41) is 73.7. The van der Waals surface area contributed by atoms with Crippen molar-refractivity contribution >= 4 is 11.1 Å². The third-order valence-corrected chi connectivity index (χ3v) is 4.94. The molecular formula is C24H2F6N8. The fourth-order valence-electron chi connectivity index (χ4n) is 3.48. The third-order valence-electron chi connectivity index (χ3n) is 4.94. The highest BCUT2D eigenvalue weighted by atomic mass is 19.4.